The standard InChI is InChI=1S/C13H10ClFN2O2/c14-10-5-7(15)1-4-12(10)19-8-2-3-11(16)9(6-8)13(17)18/h1-6H,16H2,(H2,17,18). The molecule has 0 heterocycles. The molecule has 0 saturated carbocycles. The number of carbonyl (C=O) groups is 1. The van der Waals surface area contributed by atoms with E-state index in [9.17, 15) is 9.18 Å². The number of primary amides is 1. The minimum absolute atomic E-state index is 0.123. The Balaban J connectivity index is 2.33. The number of anilines is 1. The van der Waals surface area contributed by atoms with Gasteiger partial charge in [-0.25, -0.2) is 4.39 Å². The van der Waals surface area contributed by atoms with Crippen molar-refractivity contribution in [1.29, 1.82) is 0 Å². The number of benzene rings is 2. The molecule has 1 amide bonds. The zero-order chi connectivity index (χ0) is 14.0. The second-order valence-electron chi connectivity index (χ2n) is 3.79. The third-order valence-corrected chi connectivity index (χ3v) is 2.71. The second-order valence-corrected chi connectivity index (χ2v) is 4.20. The van der Waals surface area contributed by atoms with Gasteiger partial charge >= 0.3 is 0 Å². The van der Waals surface area contributed by atoms with Gasteiger partial charge < -0.3 is 16.2 Å². The lowest BCUT2D eigenvalue weighted by Gasteiger charge is -2.09. The van der Waals surface area contributed by atoms with Crippen LogP contribution in [0.3, 0.4) is 0 Å². The third-order valence-electron chi connectivity index (χ3n) is 2.41. The van der Waals surface area contributed by atoms with E-state index in [1.165, 1.54) is 24.3 Å². The zero-order valence-corrected chi connectivity index (χ0v) is 10.4. The Kier molecular flexibility index (Phi) is 3.57. The summed E-state index contributed by atoms with van der Waals surface area (Å²) < 4.78 is 18.3. The summed E-state index contributed by atoms with van der Waals surface area (Å²) in [6.45, 7) is 0. The number of hydrogen-bond donors (Lipinski definition) is 2. The summed E-state index contributed by atoms with van der Waals surface area (Å²) >= 11 is 5.83. The van der Waals surface area contributed by atoms with Gasteiger partial charge in [0.05, 0.1) is 10.6 Å². The first kappa shape index (κ1) is 13.2. The molecular weight excluding hydrogens is 271 g/mol. The van der Waals surface area contributed by atoms with Crippen LogP contribution in [0.4, 0.5) is 10.1 Å². The molecule has 4 nitrogen and oxygen atoms in total. The molecule has 19 heavy (non-hydrogen) atoms. The van der Waals surface area contributed by atoms with Gasteiger partial charge in [0.1, 0.15) is 17.3 Å². The lowest BCUT2D eigenvalue weighted by Crippen LogP contribution is -2.13. The van der Waals surface area contributed by atoms with Crippen LogP contribution in [0, 0.1) is 5.82 Å². The van der Waals surface area contributed by atoms with Crippen molar-refractivity contribution in [2.24, 2.45) is 5.73 Å². The molecule has 0 unspecified atom stereocenters. The highest BCUT2D eigenvalue weighted by Crippen LogP contribution is 2.31. The number of amides is 1. The van der Waals surface area contributed by atoms with Crippen LogP contribution in [0.1, 0.15) is 10.4 Å². The third kappa shape index (κ3) is 2.95. The molecule has 2 rings (SSSR count). The highest BCUT2D eigenvalue weighted by molar-refractivity contribution is 6.32. The number of nitrogen functional groups attached to an aromatic ring is 1. The van der Waals surface area contributed by atoms with Gasteiger partial charge in [-0.15, -0.1) is 0 Å². The van der Waals surface area contributed by atoms with Gasteiger partial charge in [-0.3, -0.25) is 4.79 Å². The molecule has 0 saturated heterocycles. The average Bonchev–Trinajstić information content (AvgIpc) is 2.34. The van der Waals surface area contributed by atoms with Crippen LogP contribution in [0.5, 0.6) is 11.5 Å². The Morgan fingerprint density at radius 3 is 2.58 bits per heavy atom. The van der Waals surface area contributed by atoms with E-state index in [1.54, 1.807) is 6.07 Å². The first-order valence-electron chi connectivity index (χ1n) is 5.29. The summed E-state index contributed by atoms with van der Waals surface area (Å²) in [5.41, 5.74) is 11.2. The van der Waals surface area contributed by atoms with Crippen molar-refractivity contribution < 1.29 is 13.9 Å². The number of nitrogens with two attached hydrogens (primary N) is 2. The van der Waals surface area contributed by atoms with Gasteiger partial charge in [-0.2, -0.15) is 0 Å². The molecule has 98 valence electrons. The van der Waals surface area contributed by atoms with Crippen LogP contribution in [-0.2, 0) is 0 Å². The van der Waals surface area contributed by atoms with Gasteiger partial charge in [0.25, 0.3) is 5.91 Å². The highest BCUT2D eigenvalue weighted by Gasteiger charge is 2.09. The van der Waals surface area contributed by atoms with Crippen molar-refractivity contribution in [2.45, 2.75) is 0 Å². The van der Waals surface area contributed by atoms with E-state index in [0.717, 1.165) is 6.07 Å². The van der Waals surface area contributed by atoms with Crippen LogP contribution < -0.4 is 16.2 Å². The fourth-order valence-corrected chi connectivity index (χ4v) is 1.70. The van der Waals surface area contributed by atoms with E-state index in [-0.39, 0.29) is 22.0 Å². The smallest absolute Gasteiger partial charge is 0.250 e. The van der Waals surface area contributed by atoms with E-state index in [4.69, 9.17) is 27.8 Å². The fraction of sp³-hybridized carbons (Fsp3) is 0. The first-order chi connectivity index (χ1) is 8.97. The van der Waals surface area contributed by atoms with Crippen LogP contribution in [0.25, 0.3) is 0 Å². The number of carbonyl (C=O) groups excluding carboxylic acids is 1. The van der Waals surface area contributed by atoms with Crippen LogP contribution >= 0.6 is 11.6 Å². The van der Waals surface area contributed by atoms with Gasteiger partial charge in [0.2, 0.25) is 0 Å². The maximum Gasteiger partial charge on any atom is 0.250 e. The predicted octanol–water partition coefficient (Wildman–Crippen LogP) is 2.95. The molecule has 2 aromatic rings. The number of rotatable bonds is 3. The lowest BCUT2D eigenvalue weighted by atomic mass is 10.1. The summed E-state index contributed by atoms with van der Waals surface area (Å²) in [6, 6.07) is 8.18. The molecule has 0 aliphatic carbocycles. The molecule has 0 bridgehead atoms. The quantitative estimate of drug-likeness (QED) is 0.849. The molecule has 6 heteroatoms. The largest absolute Gasteiger partial charge is 0.456 e. The Morgan fingerprint density at radius 1 is 1.21 bits per heavy atom. The molecule has 0 spiro atoms. The minimum Gasteiger partial charge on any atom is -0.456 e. The molecule has 0 atom stereocenters. The summed E-state index contributed by atoms with van der Waals surface area (Å²) in [6.07, 6.45) is 0. The van der Waals surface area contributed by atoms with Gasteiger partial charge in [0.15, 0.2) is 0 Å². The summed E-state index contributed by atoms with van der Waals surface area (Å²) in [7, 11) is 0. The van der Waals surface area contributed by atoms with Crippen molar-refractivity contribution >= 4 is 23.2 Å². The summed E-state index contributed by atoms with van der Waals surface area (Å²) in [5, 5.41) is 0.123. The Labute approximate surface area is 113 Å². The van der Waals surface area contributed by atoms with E-state index in [1.807, 2.05) is 0 Å². The highest BCUT2D eigenvalue weighted by atomic mass is 35.5. The molecule has 0 radical (unpaired) electrons. The van der Waals surface area contributed by atoms with Crippen LogP contribution in [-0.4, -0.2) is 5.91 Å². The molecule has 0 fully saturated rings. The molecule has 4 N–H and O–H groups in total. The summed E-state index contributed by atoms with van der Waals surface area (Å²) in [4.78, 5) is 11.1. The van der Waals surface area contributed by atoms with E-state index < -0.39 is 11.7 Å². The second kappa shape index (κ2) is 5.16. The molecule has 0 aliphatic heterocycles. The van der Waals surface area contributed by atoms with E-state index in [2.05, 4.69) is 0 Å². The number of ether oxygens (including phenoxy) is 1. The Morgan fingerprint density at radius 2 is 1.95 bits per heavy atom. The number of halogens is 2. The molecule has 0 aromatic heterocycles. The Bertz CT molecular complexity index is 647. The molecule has 2 aromatic carbocycles. The number of hydrogen-bond acceptors (Lipinski definition) is 3. The van der Waals surface area contributed by atoms with Gasteiger partial charge in [-0.1, -0.05) is 11.6 Å². The molecular formula is C13H10ClFN2O2. The maximum absolute atomic E-state index is 12.9. The van der Waals surface area contributed by atoms with Crippen molar-refractivity contribution in [1.82, 2.24) is 0 Å². The van der Waals surface area contributed by atoms with Crippen LogP contribution in [0.2, 0.25) is 5.02 Å². The fourth-order valence-electron chi connectivity index (χ4n) is 1.50. The summed E-state index contributed by atoms with van der Waals surface area (Å²) in [5.74, 6) is -0.527. The van der Waals surface area contributed by atoms with Crippen molar-refractivity contribution in [3.8, 4) is 11.5 Å². The van der Waals surface area contributed by atoms with Gasteiger partial charge in [-0.05, 0) is 36.4 Å². The normalized spacial score (nSPS) is 10.2. The monoisotopic (exact) mass is 280 g/mol. The molecule has 0 aliphatic rings. The van der Waals surface area contributed by atoms with Crippen molar-refractivity contribution in [2.75, 3.05) is 5.73 Å². The first-order valence-corrected chi connectivity index (χ1v) is 5.67. The van der Waals surface area contributed by atoms with E-state index >= 15 is 0 Å². The predicted molar refractivity (Wildman–Crippen MR) is 70.9 cm³/mol. The SMILES string of the molecule is NC(=O)c1cc(Oc2ccc(F)cc2Cl)ccc1N. The zero-order valence-electron chi connectivity index (χ0n) is 9.69. The minimum atomic E-state index is -0.659. The maximum atomic E-state index is 12.9. The Hall–Kier alpha value is -2.27. The average molecular weight is 281 g/mol. The van der Waals surface area contributed by atoms with Crippen molar-refractivity contribution in [3.05, 3.63) is 52.8 Å². The van der Waals surface area contributed by atoms with Crippen LogP contribution in [0.15, 0.2) is 36.4 Å². The lowest BCUT2D eigenvalue weighted by molar-refractivity contribution is 0.100. The van der Waals surface area contributed by atoms with Crippen molar-refractivity contribution in [3.63, 3.8) is 0 Å². The topological polar surface area (TPSA) is 78.3 Å². The van der Waals surface area contributed by atoms with E-state index in [0.29, 0.717) is 5.75 Å². The van der Waals surface area contributed by atoms with Gasteiger partial charge in [0, 0.05) is 5.69 Å².